The molecule has 3 rings (SSSR count). The lowest BCUT2D eigenvalue weighted by Crippen LogP contribution is -2.36. The number of nitrogens with zero attached hydrogens (tertiary/aromatic N) is 3. The number of anilines is 2. The van der Waals surface area contributed by atoms with E-state index in [2.05, 4.69) is 16.4 Å². The van der Waals surface area contributed by atoms with Crippen LogP contribution in [0.3, 0.4) is 0 Å². The fourth-order valence-corrected chi connectivity index (χ4v) is 4.02. The largest absolute Gasteiger partial charge is 0.393 e. The Labute approximate surface area is 182 Å². The van der Waals surface area contributed by atoms with E-state index in [1.165, 1.54) is 10.4 Å². The molecule has 1 aromatic rings. The first-order valence-electron chi connectivity index (χ1n) is 9.43. The van der Waals surface area contributed by atoms with Crippen LogP contribution in [0.15, 0.2) is 47.8 Å². The zero-order valence-corrected chi connectivity index (χ0v) is 18.0. The normalized spacial score (nSPS) is 19.5. The van der Waals surface area contributed by atoms with Crippen molar-refractivity contribution in [3.63, 3.8) is 0 Å². The lowest BCUT2D eigenvalue weighted by atomic mass is 10.0. The summed E-state index contributed by atoms with van der Waals surface area (Å²) in [6.07, 6.45) is 10.0. The summed E-state index contributed by atoms with van der Waals surface area (Å²) in [4.78, 5) is 13.1. The smallest absolute Gasteiger partial charge is 0.316 e. The molecule has 2 aliphatic rings. The van der Waals surface area contributed by atoms with Crippen molar-refractivity contribution >= 4 is 39.9 Å². The van der Waals surface area contributed by atoms with Gasteiger partial charge in [-0.25, -0.2) is 4.21 Å². The van der Waals surface area contributed by atoms with Crippen molar-refractivity contribution in [2.24, 2.45) is 0 Å². The molecule has 1 heterocycles. The fraction of sp³-hybridized carbons (Fsp3) is 0.368. The number of benzene rings is 1. The van der Waals surface area contributed by atoms with Crippen molar-refractivity contribution in [3.05, 3.63) is 63.0 Å². The lowest BCUT2D eigenvalue weighted by molar-refractivity contribution is -0.383. The average Bonchev–Trinajstić information content (AvgIpc) is 2.72. The van der Waals surface area contributed by atoms with E-state index in [1.54, 1.807) is 13.1 Å². The van der Waals surface area contributed by atoms with Crippen molar-refractivity contribution in [1.82, 2.24) is 9.21 Å². The van der Waals surface area contributed by atoms with Gasteiger partial charge >= 0.3 is 5.69 Å². The number of halogens is 1. The van der Waals surface area contributed by atoms with Crippen LogP contribution in [0.2, 0.25) is 5.02 Å². The number of nitro benzene ring substituents is 1. The van der Waals surface area contributed by atoms with Gasteiger partial charge in [0.05, 0.1) is 9.95 Å². The molecule has 11 heteroatoms. The first-order valence-corrected chi connectivity index (χ1v) is 10.9. The van der Waals surface area contributed by atoms with E-state index in [0.29, 0.717) is 12.1 Å². The average molecular weight is 454 g/mol. The van der Waals surface area contributed by atoms with Crippen molar-refractivity contribution in [2.75, 3.05) is 31.2 Å². The molecule has 1 fully saturated rings. The fourth-order valence-electron chi connectivity index (χ4n) is 3.50. The maximum Gasteiger partial charge on any atom is 0.316 e. The van der Waals surface area contributed by atoms with Crippen LogP contribution < -0.4 is 11.1 Å². The van der Waals surface area contributed by atoms with Crippen LogP contribution >= 0.6 is 11.6 Å². The number of hydrogen-bond acceptors (Lipinski definition) is 6. The SMILES string of the molecule is CN(C1=CCC(=CN2CCC(Nc3c(Cl)ccc(N)c3[N+](=O)[O-])CC2)C=C1)S(=O)O. The van der Waals surface area contributed by atoms with Gasteiger partial charge in [-0.05, 0) is 43.0 Å². The minimum absolute atomic E-state index is 0.0548. The van der Waals surface area contributed by atoms with Gasteiger partial charge in [0.2, 0.25) is 0 Å². The van der Waals surface area contributed by atoms with Crippen LogP contribution in [0.25, 0.3) is 0 Å². The summed E-state index contributed by atoms with van der Waals surface area (Å²) in [6.45, 7) is 1.58. The third-order valence-electron chi connectivity index (χ3n) is 5.18. The van der Waals surface area contributed by atoms with Gasteiger partial charge < -0.3 is 16.0 Å². The van der Waals surface area contributed by atoms with Gasteiger partial charge in [0, 0.05) is 38.1 Å². The highest BCUT2D eigenvalue weighted by molar-refractivity contribution is 7.76. The van der Waals surface area contributed by atoms with Crippen LogP contribution in [0.4, 0.5) is 17.1 Å². The second kappa shape index (κ2) is 9.50. The minimum atomic E-state index is -2.04. The minimum Gasteiger partial charge on any atom is -0.393 e. The molecule has 162 valence electrons. The summed E-state index contributed by atoms with van der Waals surface area (Å²) in [5, 5.41) is 14.9. The van der Waals surface area contributed by atoms with E-state index in [9.17, 15) is 14.3 Å². The highest BCUT2D eigenvalue weighted by atomic mass is 35.5. The Balaban J connectivity index is 1.59. The number of allylic oxidation sites excluding steroid dienone is 4. The van der Waals surface area contributed by atoms with Gasteiger partial charge in [-0.2, -0.15) is 0 Å². The second-order valence-corrected chi connectivity index (χ2v) is 8.59. The van der Waals surface area contributed by atoms with E-state index in [4.69, 9.17) is 21.9 Å². The second-order valence-electron chi connectivity index (χ2n) is 7.17. The third kappa shape index (κ3) is 5.13. The molecule has 1 aliphatic carbocycles. The summed E-state index contributed by atoms with van der Waals surface area (Å²) >= 11 is 4.15. The molecule has 0 bridgehead atoms. The number of hydrogen-bond donors (Lipinski definition) is 3. The van der Waals surface area contributed by atoms with Crippen molar-refractivity contribution in [3.8, 4) is 0 Å². The zero-order chi connectivity index (χ0) is 21.8. The van der Waals surface area contributed by atoms with E-state index in [-0.39, 0.29) is 28.1 Å². The number of nitrogens with two attached hydrogens (primary N) is 1. The molecular formula is C19H24ClN5O4S. The number of nitrogens with one attached hydrogen (secondary N) is 1. The maximum absolute atomic E-state index is 11.4. The van der Waals surface area contributed by atoms with Crippen LogP contribution in [0, 0.1) is 10.1 Å². The predicted molar refractivity (Wildman–Crippen MR) is 119 cm³/mol. The Morgan fingerprint density at radius 1 is 1.40 bits per heavy atom. The van der Waals surface area contributed by atoms with Gasteiger partial charge in [0.1, 0.15) is 11.4 Å². The van der Waals surface area contributed by atoms with Crippen molar-refractivity contribution in [1.29, 1.82) is 0 Å². The van der Waals surface area contributed by atoms with Crippen LogP contribution in [0.5, 0.6) is 0 Å². The van der Waals surface area contributed by atoms with Crippen LogP contribution in [-0.2, 0) is 11.3 Å². The molecule has 0 aromatic heterocycles. The Bertz CT molecular complexity index is 941. The molecule has 1 aliphatic heterocycles. The number of nitro groups is 1. The predicted octanol–water partition coefficient (Wildman–Crippen LogP) is 3.50. The van der Waals surface area contributed by atoms with E-state index in [1.807, 2.05) is 18.2 Å². The number of piperidine rings is 1. The van der Waals surface area contributed by atoms with E-state index >= 15 is 0 Å². The topological polar surface area (TPSA) is 125 Å². The Kier molecular flexibility index (Phi) is 7.01. The number of likely N-dealkylation sites (N-methyl/N-ethyl adjacent to an activating group) is 1. The summed E-state index contributed by atoms with van der Waals surface area (Å²) < 4.78 is 21.6. The number of likely N-dealkylation sites (tertiary alicyclic amines) is 1. The molecule has 0 radical (unpaired) electrons. The molecule has 4 N–H and O–H groups in total. The van der Waals surface area contributed by atoms with Crippen LogP contribution in [0.1, 0.15) is 19.3 Å². The standard InChI is InChI=1S/C19H24ClN5O4S/c1-23(30(28)29)15-4-2-13(3-5-15)12-24-10-8-14(9-11-24)22-18-16(20)6-7-17(21)19(18)25(26)27/h2,4-7,12,14,22H,3,8-11,21H2,1H3,(H,28,29). The molecule has 1 atom stereocenters. The van der Waals surface area contributed by atoms with E-state index < -0.39 is 16.2 Å². The quantitative estimate of drug-likeness (QED) is 0.260. The van der Waals surface area contributed by atoms with Gasteiger partial charge in [0.15, 0.2) is 0 Å². The van der Waals surface area contributed by atoms with Gasteiger partial charge in [-0.3, -0.25) is 19.0 Å². The molecule has 1 unspecified atom stereocenters. The van der Waals surface area contributed by atoms with Crippen molar-refractivity contribution in [2.45, 2.75) is 25.3 Å². The molecule has 0 saturated carbocycles. The highest BCUT2D eigenvalue weighted by Crippen LogP contribution is 2.38. The monoisotopic (exact) mass is 453 g/mol. The first kappa shape index (κ1) is 22.1. The summed E-state index contributed by atoms with van der Waals surface area (Å²) in [6, 6.07) is 3.06. The summed E-state index contributed by atoms with van der Waals surface area (Å²) in [5.74, 6) is 0. The number of rotatable bonds is 6. The Morgan fingerprint density at radius 3 is 2.67 bits per heavy atom. The molecule has 1 aromatic carbocycles. The zero-order valence-electron chi connectivity index (χ0n) is 16.5. The highest BCUT2D eigenvalue weighted by Gasteiger charge is 2.25. The van der Waals surface area contributed by atoms with Crippen LogP contribution in [-0.4, -0.2) is 49.1 Å². The summed E-state index contributed by atoms with van der Waals surface area (Å²) in [7, 11) is 1.57. The molecule has 9 nitrogen and oxygen atoms in total. The van der Waals surface area contributed by atoms with Crippen molar-refractivity contribution < 1.29 is 13.7 Å². The summed E-state index contributed by atoms with van der Waals surface area (Å²) in [5.41, 5.74) is 7.75. The van der Waals surface area contributed by atoms with Gasteiger partial charge in [0.25, 0.3) is 11.3 Å². The molecule has 1 saturated heterocycles. The molecule has 0 spiro atoms. The first-order chi connectivity index (χ1) is 14.3. The Hall–Kier alpha value is -2.56. The lowest BCUT2D eigenvalue weighted by Gasteiger charge is -2.33. The molecule has 0 amide bonds. The third-order valence-corrected chi connectivity index (χ3v) is 6.17. The van der Waals surface area contributed by atoms with E-state index in [0.717, 1.165) is 31.5 Å². The van der Waals surface area contributed by atoms with Gasteiger partial charge in [-0.1, -0.05) is 23.8 Å². The number of nitrogen functional groups attached to an aromatic ring is 1. The Morgan fingerprint density at radius 2 is 2.10 bits per heavy atom. The molecule has 30 heavy (non-hydrogen) atoms. The van der Waals surface area contributed by atoms with Gasteiger partial charge in [-0.15, -0.1) is 0 Å². The molecular weight excluding hydrogens is 430 g/mol. The maximum atomic E-state index is 11.4.